The monoisotopic (exact) mass is 660 g/mol. The summed E-state index contributed by atoms with van der Waals surface area (Å²) in [5.74, 6) is -0.522. The van der Waals surface area contributed by atoms with Crippen molar-refractivity contribution >= 4 is 63.2 Å². The van der Waals surface area contributed by atoms with Gasteiger partial charge >= 0.3 is 0 Å². The number of fused-ring (bicyclic) bond motifs is 3. The van der Waals surface area contributed by atoms with E-state index in [9.17, 15) is 14.4 Å². The Hall–Kier alpha value is -4.66. The predicted octanol–water partition coefficient (Wildman–Crippen LogP) is 8.22. The van der Waals surface area contributed by atoms with Crippen LogP contribution in [0.15, 0.2) is 78.2 Å². The highest BCUT2D eigenvalue weighted by atomic mass is 35.5. The minimum Gasteiger partial charge on any atom is -0.345 e. The number of para-hydroxylation sites is 1. The smallest absolute Gasteiger partial charge is 0.261 e. The first-order valence-electron chi connectivity index (χ1n) is 15.6. The molecule has 3 aromatic carbocycles. The van der Waals surface area contributed by atoms with Gasteiger partial charge in [0.2, 0.25) is 0 Å². The summed E-state index contributed by atoms with van der Waals surface area (Å²) in [5.41, 5.74) is 6.80. The summed E-state index contributed by atoms with van der Waals surface area (Å²) in [4.78, 5) is 50.9. The van der Waals surface area contributed by atoms with Gasteiger partial charge in [-0.25, -0.2) is 9.97 Å². The van der Waals surface area contributed by atoms with Gasteiger partial charge in [0.15, 0.2) is 0 Å². The van der Waals surface area contributed by atoms with Crippen molar-refractivity contribution in [1.29, 1.82) is 0 Å². The number of allylic oxidation sites excluding steroid dienone is 1. The number of thiazole rings is 1. The molecule has 1 unspecified atom stereocenters. The van der Waals surface area contributed by atoms with E-state index in [1.54, 1.807) is 24.3 Å². The SMILES string of the molecule is CC(C)(C)C1C/C(=C/c2ccc(Cl)cc2)c2nc3ccccc3c(C(=O)NCc3nc(CN4C(=O)c5ccccc5C4=O)cs3)c2C1. The number of hydrogen-bond acceptors (Lipinski definition) is 6. The van der Waals surface area contributed by atoms with Crippen molar-refractivity contribution in [3.8, 4) is 0 Å². The molecular formula is C38H33ClN4O3S. The van der Waals surface area contributed by atoms with Gasteiger partial charge in [0.1, 0.15) is 5.01 Å². The Kier molecular flexibility index (Phi) is 8.02. The number of aromatic nitrogens is 2. The number of imide groups is 1. The second-order valence-electron chi connectivity index (χ2n) is 13.2. The molecule has 7 nitrogen and oxygen atoms in total. The molecule has 0 radical (unpaired) electrons. The van der Waals surface area contributed by atoms with Gasteiger partial charge in [-0.1, -0.05) is 74.8 Å². The van der Waals surface area contributed by atoms with Crippen LogP contribution < -0.4 is 5.32 Å². The second kappa shape index (κ2) is 12.2. The van der Waals surface area contributed by atoms with Crippen LogP contribution in [0.1, 0.15) is 85.8 Å². The highest BCUT2D eigenvalue weighted by molar-refractivity contribution is 7.09. The quantitative estimate of drug-likeness (QED) is 0.185. The summed E-state index contributed by atoms with van der Waals surface area (Å²) < 4.78 is 0. The van der Waals surface area contributed by atoms with Crippen LogP contribution in [0, 0.1) is 11.3 Å². The third-order valence-corrected chi connectivity index (χ3v) is 10.2. The topological polar surface area (TPSA) is 92.3 Å². The third kappa shape index (κ3) is 5.99. The summed E-state index contributed by atoms with van der Waals surface area (Å²) in [7, 11) is 0. The molecule has 47 heavy (non-hydrogen) atoms. The maximum absolute atomic E-state index is 14.2. The summed E-state index contributed by atoms with van der Waals surface area (Å²) >= 11 is 7.56. The summed E-state index contributed by atoms with van der Waals surface area (Å²) in [5, 5.41) is 7.14. The van der Waals surface area contributed by atoms with E-state index in [0.717, 1.165) is 46.1 Å². The minimum atomic E-state index is -0.319. The molecule has 3 amide bonds. The van der Waals surface area contributed by atoms with Crippen molar-refractivity contribution in [1.82, 2.24) is 20.2 Å². The van der Waals surface area contributed by atoms with E-state index < -0.39 is 0 Å². The molecule has 0 bridgehead atoms. The summed E-state index contributed by atoms with van der Waals surface area (Å²) in [6.07, 6.45) is 3.75. The normalized spacial score (nSPS) is 16.9. The molecule has 0 saturated heterocycles. The highest BCUT2D eigenvalue weighted by Crippen LogP contribution is 2.44. The fourth-order valence-corrected chi connectivity index (χ4v) is 7.30. The Morgan fingerprint density at radius 1 is 0.957 bits per heavy atom. The molecule has 236 valence electrons. The van der Waals surface area contributed by atoms with E-state index in [-0.39, 0.29) is 36.2 Å². The number of benzene rings is 3. The van der Waals surface area contributed by atoms with Crippen molar-refractivity contribution in [3.05, 3.63) is 127 Å². The van der Waals surface area contributed by atoms with Crippen molar-refractivity contribution in [2.75, 3.05) is 0 Å². The van der Waals surface area contributed by atoms with Gasteiger partial charge in [0, 0.05) is 15.8 Å². The fourth-order valence-electron chi connectivity index (χ4n) is 6.45. The molecule has 2 aromatic heterocycles. The molecule has 9 heteroatoms. The molecule has 5 aromatic rings. The molecule has 3 heterocycles. The number of hydrogen-bond donors (Lipinski definition) is 1. The van der Waals surface area contributed by atoms with Crippen LogP contribution in [0.2, 0.25) is 5.02 Å². The molecule has 0 spiro atoms. The van der Waals surface area contributed by atoms with E-state index in [4.69, 9.17) is 16.6 Å². The van der Waals surface area contributed by atoms with Crippen molar-refractivity contribution in [3.63, 3.8) is 0 Å². The number of carbonyl (C=O) groups excluding carboxylic acids is 3. The van der Waals surface area contributed by atoms with E-state index in [2.05, 4.69) is 37.1 Å². The Labute approximate surface area is 282 Å². The molecule has 0 saturated carbocycles. The molecule has 0 fully saturated rings. The number of pyridine rings is 1. The van der Waals surface area contributed by atoms with Gasteiger partial charge in [-0.2, -0.15) is 0 Å². The van der Waals surface area contributed by atoms with Crippen LogP contribution >= 0.6 is 22.9 Å². The Balaban J connectivity index is 1.18. The summed E-state index contributed by atoms with van der Waals surface area (Å²) in [6, 6.07) is 22.4. The van der Waals surface area contributed by atoms with Crippen LogP contribution in [0.25, 0.3) is 22.6 Å². The zero-order valence-corrected chi connectivity index (χ0v) is 27.9. The Morgan fingerprint density at radius 2 is 1.64 bits per heavy atom. The van der Waals surface area contributed by atoms with Crippen molar-refractivity contribution in [2.24, 2.45) is 11.3 Å². The fraction of sp³-hybridized carbons (Fsp3) is 0.237. The first-order chi connectivity index (χ1) is 22.6. The van der Waals surface area contributed by atoms with E-state index in [1.165, 1.54) is 16.2 Å². The van der Waals surface area contributed by atoms with Gasteiger partial charge in [-0.15, -0.1) is 11.3 Å². The maximum atomic E-state index is 14.2. The van der Waals surface area contributed by atoms with Crippen LogP contribution in [0.4, 0.5) is 0 Å². The Morgan fingerprint density at radius 3 is 2.34 bits per heavy atom. The minimum absolute atomic E-state index is 0.00688. The van der Waals surface area contributed by atoms with Crippen LogP contribution in [0.3, 0.4) is 0 Å². The molecule has 1 aliphatic carbocycles. The van der Waals surface area contributed by atoms with Gasteiger partial charge < -0.3 is 5.32 Å². The van der Waals surface area contributed by atoms with Crippen molar-refractivity contribution in [2.45, 2.75) is 46.7 Å². The third-order valence-electron chi connectivity index (χ3n) is 9.07. The second-order valence-corrected chi connectivity index (χ2v) is 14.6. The largest absolute Gasteiger partial charge is 0.345 e. The van der Waals surface area contributed by atoms with Crippen LogP contribution in [-0.2, 0) is 19.5 Å². The molecule has 2 aliphatic rings. The van der Waals surface area contributed by atoms with Gasteiger partial charge in [-0.3, -0.25) is 19.3 Å². The Bertz CT molecular complexity index is 2060. The molecule has 1 N–H and O–H groups in total. The average Bonchev–Trinajstić information content (AvgIpc) is 3.61. The highest BCUT2D eigenvalue weighted by Gasteiger charge is 2.36. The number of amides is 3. The maximum Gasteiger partial charge on any atom is 0.261 e. The molecule has 1 atom stereocenters. The molecule has 1 aliphatic heterocycles. The lowest BCUT2D eigenvalue weighted by molar-refractivity contribution is 0.0640. The molecule has 7 rings (SSSR count). The lowest BCUT2D eigenvalue weighted by atomic mass is 9.69. The van der Waals surface area contributed by atoms with E-state index in [1.807, 2.05) is 53.9 Å². The van der Waals surface area contributed by atoms with E-state index in [0.29, 0.717) is 38.3 Å². The van der Waals surface area contributed by atoms with Gasteiger partial charge in [-0.05, 0) is 77.3 Å². The first kappa shape index (κ1) is 31.0. The number of halogens is 1. The zero-order valence-electron chi connectivity index (χ0n) is 26.3. The lowest BCUT2D eigenvalue weighted by Gasteiger charge is -2.37. The number of nitrogens with one attached hydrogen (secondary N) is 1. The average molecular weight is 661 g/mol. The summed E-state index contributed by atoms with van der Waals surface area (Å²) in [6.45, 7) is 7.04. The number of rotatable bonds is 6. The van der Waals surface area contributed by atoms with E-state index >= 15 is 0 Å². The standard InChI is InChI=1S/C38H33ClN4O3S/c1-38(2,3)24-17-23(16-22-12-14-25(39)15-13-22)34-30(18-24)33(29-10-6-7-11-31(29)42-34)35(44)40-19-32-41-26(21-47-32)20-43-36(45)27-8-4-5-9-28(27)37(43)46/h4-16,21,24H,17-20H2,1-3H3,(H,40,44)/b23-16-. The lowest BCUT2D eigenvalue weighted by Crippen LogP contribution is -2.31. The number of carbonyl (C=O) groups is 3. The van der Waals surface area contributed by atoms with Gasteiger partial charge in [0.25, 0.3) is 17.7 Å². The van der Waals surface area contributed by atoms with Crippen LogP contribution in [-0.4, -0.2) is 32.6 Å². The van der Waals surface area contributed by atoms with Crippen molar-refractivity contribution < 1.29 is 14.4 Å². The number of nitrogens with zero attached hydrogens (tertiary/aromatic N) is 3. The predicted molar refractivity (Wildman–Crippen MR) is 186 cm³/mol. The van der Waals surface area contributed by atoms with Crippen LogP contribution in [0.5, 0.6) is 0 Å². The zero-order chi connectivity index (χ0) is 32.9. The van der Waals surface area contributed by atoms with Gasteiger partial charge in [0.05, 0.1) is 46.7 Å². The molecular weight excluding hydrogens is 628 g/mol. The first-order valence-corrected chi connectivity index (χ1v) is 16.9.